The summed E-state index contributed by atoms with van der Waals surface area (Å²) in [6.07, 6.45) is 3.43. The Labute approximate surface area is 91.2 Å². The van der Waals surface area contributed by atoms with Crippen LogP contribution < -0.4 is 5.32 Å². The Kier molecular flexibility index (Phi) is 5.21. The van der Waals surface area contributed by atoms with Gasteiger partial charge in [-0.3, -0.25) is 0 Å². The quantitative estimate of drug-likeness (QED) is 0.756. The van der Waals surface area contributed by atoms with Crippen LogP contribution in [0.1, 0.15) is 18.9 Å². The van der Waals surface area contributed by atoms with Gasteiger partial charge in [0.1, 0.15) is 0 Å². The lowest BCUT2D eigenvalue weighted by Crippen LogP contribution is -2.19. The Balaban J connectivity index is 0.000000337. The van der Waals surface area contributed by atoms with Crippen LogP contribution in [-0.4, -0.2) is 13.1 Å². The molecule has 0 radical (unpaired) electrons. The zero-order valence-electron chi connectivity index (χ0n) is 9.03. The van der Waals surface area contributed by atoms with E-state index in [-0.39, 0.29) is 0 Å². The summed E-state index contributed by atoms with van der Waals surface area (Å²) >= 11 is 0. The largest absolute Gasteiger partial charge is 0.313 e. The first-order chi connectivity index (χ1) is 7.38. The van der Waals surface area contributed by atoms with E-state index in [9.17, 15) is 0 Å². The van der Waals surface area contributed by atoms with Crippen molar-refractivity contribution in [2.45, 2.75) is 13.3 Å². The predicted molar refractivity (Wildman–Crippen MR) is 63.2 cm³/mol. The van der Waals surface area contributed by atoms with Crippen molar-refractivity contribution in [3.8, 4) is 6.07 Å². The van der Waals surface area contributed by atoms with E-state index in [1.54, 1.807) is 6.07 Å². The van der Waals surface area contributed by atoms with Crippen LogP contribution in [0, 0.1) is 11.3 Å². The third-order valence-corrected chi connectivity index (χ3v) is 2.21. The Hall–Kier alpha value is -1.59. The van der Waals surface area contributed by atoms with Crippen LogP contribution in [-0.2, 0) is 0 Å². The highest BCUT2D eigenvalue weighted by molar-refractivity contribution is 5.66. The first-order valence-corrected chi connectivity index (χ1v) is 5.14. The Bertz CT molecular complexity index is 347. The van der Waals surface area contributed by atoms with Crippen molar-refractivity contribution < 1.29 is 0 Å². The van der Waals surface area contributed by atoms with Gasteiger partial charge in [0.05, 0.1) is 6.07 Å². The molecule has 2 heteroatoms. The fraction of sp³-hybridized carbons (Fsp3) is 0.308. The topological polar surface area (TPSA) is 35.8 Å². The van der Waals surface area contributed by atoms with Crippen molar-refractivity contribution in [2.75, 3.05) is 13.1 Å². The number of rotatable bonds is 1. The summed E-state index contributed by atoms with van der Waals surface area (Å²) in [6, 6.07) is 12.4. The first kappa shape index (κ1) is 11.5. The van der Waals surface area contributed by atoms with E-state index in [0.717, 1.165) is 19.5 Å². The van der Waals surface area contributed by atoms with Gasteiger partial charge in [-0.15, -0.1) is 0 Å². The summed E-state index contributed by atoms with van der Waals surface area (Å²) in [5.74, 6) is 0. The predicted octanol–water partition coefficient (Wildman–Crippen LogP) is 2.59. The van der Waals surface area contributed by atoms with Crippen LogP contribution in [0.15, 0.2) is 36.4 Å². The van der Waals surface area contributed by atoms with Crippen LogP contribution >= 0.6 is 0 Å². The second-order valence-corrected chi connectivity index (χ2v) is 3.27. The molecule has 0 saturated carbocycles. The lowest BCUT2D eigenvalue weighted by Gasteiger charge is -2.13. The Morgan fingerprint density at radius 2 is 1.93 bits per heavy atom. The number of benzene rings is 1. The highest BCUT2D eigenvalue weighted by Crippen LogP contribution is 2.18. The normalized spacial score (nSPS) is 14.3. The molecule has 1 aliphatic rings. The van der Waals surface area contributed by atoms with Gasteiger partial charge in [0.2, 0.25) is 0 Å². The van der Waals surface area contributed by atoms with E-state index in [4.69, 9.17) is 5.26 Å². The fourth-order valence-corrected chi connectivity index (χ4v) is 1.54. The molecule has 0 amide bonds. The summed E-state index contributed by atoms with van der Waals surface area (Å²) in [4.78, 5) is 0. The summed E-state index contributed by atoms with van der Waals surface area (Å²) in [5.41, 5.74) is 2.85. The zero-order chi connectivity index (χ0) is 10.9. The molecule has 0 fully saturated rings. The molecule has 0 atom stereocenters. The monoisotopic (exact) mass is 200 g/mol. The molecular weight excluding hydrogens is 184 g/mol. The second kappa shape index (κ2) is 6.80. The van der Waals surface area contributed by atoms with Crippen molar-refractivity contribution in [1.82, 2.24) is 5.32 Å². The molecule has 78 valence electrons. The molecule has 0 unspecified atom stereocenters. The minimum Gasteiger partial charge on any atom is -0.313 e. The summed E-state index contributed by atoms with van der Waals surface area (Å²) in [6.45, 7) is 3.56. The van der Waals surface area contributed by atoms with Crippen LogP contribution in [0.5, 0.6) is 0 Å². The lowest BCUT2D eigenvalue weighted by molar-refractivity contribution is 0.738. The highest BCUT2D eigenvalue weighted by atomic mass is 14.8. The van der Waals surface area contributed by atoms with Gasteiger partial charge in [-0.05, 0) is 24.1 Å². The van der Waals surface area contributed by atoms with Crippen molar-refractivity contribution in [3.63, 3.8) is 0 Å². The Morgan fingerprint density at radius 3 is 2.47 bits per heavy atom. The molecule has 1 heterocycles. The van der Waals surface area contributed by atoms with Crippen LogP contribution in [0.2, 0.25) is 0 Å². The molecule has 0 spiro atoms. The van der Waals surface area contributed by atoms with Gasteiger partial charge in [0, 0.05) is 13.5 Å². The van der Waals surface area contributed by atoms with Crippen molar-refractivity contribution >= 4 is 5.57 Å². The van der Waals surface area contributed by atoms with Crippen molar-refractivity contribution in [3.05, 3.63) is 42.0 Å². The number of hydrogen-bond donors (Lipinski definition) is 1. The minimum atomic E-state index is 1.02. The van der Waals surface area contributed by atoms with E-state index < -0.39 is 0 Å². The van der Waals surface area contributed by atoms with E-state index in [1.807, 2.05) is 0 Å². The van der Waals surface area contributed by atoms with Gasteiger partial charge in [-0.2, -0.15) is 5.26 Å². The van der Waals surface area contributed by atoms with Gasteiger partial charge >= 0.3 is 0 Å². The Morgan fingerprint density at radius 1 is 1.27 bits per heavy atom. The highest BCUT2D eigenvalue weighted by Gasteiger charge is 2.03. The molecule has 1 aromatic carbocycles. The molecule has 1 aromatic rings. The average Bonchev–Trinajstić information content (AvgIpc) is 2.32. The van der Waals surface area contributed by atoms with Gasteiger partial charge in [0.15, 0.2) is 0 Å². The van der Waals surface area contributed by atoms with E-state index >= 15 is 0 Å². The molecule has 0 bridgehead atoms. The van der Waals surface area contributed by atoms with Gasteiger partial charge < -0.3 is 5.32 Å². The molecule has 1 N–H and O–H groups in total. The maximum absolute atomic E-state index is 7.32. The van der Waals surface area contributed by atoms with Crippen molar-refractivity contribution in [2.24, 2.45) is 0 Å². The number of nitrogens with one attached hydrogen (secondary N) is 1. The summed E-state index contributed by atoms with van der Waals surface area (Å²) < 4.78 is 0. The molecule has 0 aromatic heterocycles. The third kappa shape index (κ3) is 3.97. The van der Waals surface area contributed by atoms with E-state index in [2.05, 4.69) is 41.7 Å². The molecule has 15 heavy (non-hydrogen) atoms. The summed E-state index contributed by atoms with van der Waals surface area (Å²) in [5, 5.41) is 10.6. The van der Waals surface area contributed by atoms with Gasteiger partial charge in [-0.1, -0.05) is 36.4 Å². The van der Waals surface area contributed by atoms with Crippen LogP contribution in [0.4, 0.5) is 0 Å². The maximum atomic E-state index is 7.32. The van der Waals surface area contributed by atoms with Gasteiger partial charge in [-0.25, -0.2) is 0 Å². The minimum absolute atomic E-state index is 1.02. The SMILES string of the molecule is C1=C(c2ccccc2)CCNC1.CC#N. The second-order valence-electron chi connectivity index (χ2n) is 3.27. The molecule has 2 nitrogen and oxygen atoms in total. The zero-order valence-corrected chi connectivity index (χ0v) is 9.03. The molecular formula is C13H16N2. The molecule has 0 saturated heterocycles. The first-order valence-electron chi connectivity index (χ1n) is 5.14. The standard InChI is InChI=1S/C11H13N.C2H3N/c1-2-4-10(5-3-1)11-6-8-12-9-7-11;1-2-3/h1-6,12H,7-9H2;1H3. The maximum Gasteiger partial charge on any atom is 0.0587 e. The van der Waals surface area contributed by atoms with E-state index in [1.165, 1.54) is 18.1 Å². The van der Waals surface area contributed by atoms with Gasteiger partial charge in [0.25, 0.3) is 0 Å². The molecule has 2 rings (SSSR count). The molecule has 0 aliphatic carbocycles. The lowest BCUT2D eigenvalue weighted by atomic mass is 10.0. The van der Waals surface area contributed by atoms with Crippen LogP contribution in [0.3, 0.4) is 0 Å². The number of nitriles is 1. The molecule has 1 aliphatic heterocycles. The number of hydrogen-bond acceptors (Lipinski definition) is 2. The van der Waals surface area contributed by atoms with Crippen LogP contribution in [0.25, 0.3) is 5.57 Å². The fourth-order valence-electron chi connectivity index (χ4n) is 1.54. The average molecular weight is 200 g/mol. The number of nitrogens with zero attached hydrogens (tertiary/aromatic N) is 1. The third-order valence-electron chi connectivity index (χ3n) is 2.21. The summed E-state index contributed by atoms with van der Waals surface area (Å²) in [7, 11) is 0. The smallest absolute Gasteiger partial charge is 0.0587 e. The van der Waals surface area contributed by atoms with Crippen molar-refractivity contribution in [1.29, 1.82) is 5.26 Å². The van der Waals surface area contributed by atoms with E-state index in [0.29, 0.717) is 0 Å².